The number of fused-ring (bicyclic) bond motifs is 2. The summed E-state index contributed by atoms with van der Waals surface area (Å²) in [7, 11) is 0. The number of hydrogen-bond acceptors (Lipinski definition) is 7. The summed E-state index contributed by atoms with van der Waals surface area (Å²) in [6.45, 7) is 4.26. The van der Waals surface area contributed by atoms with Gasteiger partial charge in [-0.1, -0.05) is 29.5 Å². The molecule has 33 heavy (non-hydrogen) atoms. The molecule has 0 fully saturated rings. The Hall–Kier alpha value is -3.72. The molecule has 9 heteroatoms. The van der Waals surface area contributed by atoms with Crippen LogP contribution in [-0.4, -0.2) is 28.0 Å². The van der Waals surface area contributed by atoms with Crippen molar-refractivity contribution >= 4 is 34.3 Å². The number of thioether (sulfide) groups is 1. The number of benzene rings is 2. The Morgan fingerprint density at radius 1 is 1.15 bits per heavy atom. The number of nitrogens with one attached hydrogen (secondary N) is 1. The maximum Gasteiger partial charge on any atom is 0.262 e. The number of furan rings is 1. The first kappa shape index (κ1) is 21.1. The van der Waals surface area contributed by atoms with Crippen molar-refractivity contribution in [2.45, 2.75) is 25.5 Å². The van der Waals surface area contributed by atoms with Gasteiger partial charge < -0.3 is 19.2 Å². The third-order valence-corrected chi connectivity index (χ3v) is 6.27. The number of anilines is 1. The summed E-state index contributed by atoms with van der Waals surface area (Å²) in [6.07, 6.45) is 1.55. The van der Waals surface area contributed by atoms with Gasteiger partial charge in [0.25, 0.3) is 5.56 Å². The number of aryl methyl sites for hydroxylation is 2. The second-order valence-electron chi connectivity index (χ2n) is 7.74. The molecule has 3 heterocycles. The van der Waals surface area contributed by atoms with Crippen molar-refractivity contribution in [1.82, 2.24) is 9.55 Å². The van der Waals surface area contributed by atoms with Gasteiger partial charge in [-0.25, -0.2) is 4.98 Å². The highest BCUT2D eigenvalue weighted by atomic mass is 32.2. The first-order valence-corrected chi connectivity index (χ1v) is 11.3. The van der Waals surface area contributed by atoms with E-state index in [1.54, 1.807) is 30.5 Å². The number of carbonyl (C=O) groups excluding carboxylic acids is 1. The van der Waals surface area contributed by atoms with E-state index in [1.165, 1.54) is 16.3 Å². The van der Waals surface area contributed by atoms with Crippen molar-refractivity contribution in [1.29, 1.82) is 0 Å². The number of nitrogens with zero attached hydrogens (tertiary/aromatic N) is 2. The summed E-state index contributed by atoms with van der Waals surface area (Å²) >= 11 is 1.19. The Morgan fingerprint density at radius 2 is 1.97 bits per heavy atom. The van der Waals surface area contributed by atoms with Crippen LogP contribution in [0.5, 0.6) is 11.5 Å². The lowest BCUT2D eigenvalue weighted by Gasteiger charge is -2.13. The fourth-order valence-electron chi connectivity index (χ4n) is 3.67. The Kier molecular flexibility index (Phi) is 5.55. The largest absolute Gasteiger partial charge is 0.467 e. The van der Waals surface area contributed by atoms with Gasteiger partial charge in [0.1, 0.15) is 5.76 Å². The molecule has 0 unspecified atom stereocenters. The molecule has 1 aliphatic rings. The summed E-state index contributed by atoms with van der Waals surface area (Å²) in [5.41, 5.74) is 3.12. The number of carbonyl (C=O) groups is 1. The molecular weight excluding hydrogens is 442 g/mol. The van der Waals surface area contributed by atoms with E-state index >= 15 is 0 Å². The number of amides is 1. The van der Waals surface area contributed by atoms with Crippen molar-refractivity contribution in [2.75, 3.05) is 17.9 Å². The molecular formula is C24H21N3O5S. The lowest BCUT2D eigenvalue weighted by atomic mass is 10.1. The van der Waals surface area contributed by atoms with Crippen LogP contribution in [0.4, 0.5) is 5.69 Å². The van der Waals surface area contributed by atoms with E-state index in [0.29, 0.717) is 33.3 Å². The van der Waals surface area contributed by atoms with Crippen molar-refractivity contribution in [2.24, 2.45) is 0 Å². The predicted octanol–water partition coefficient (Wildman–Crippen LogP) is 4.11. The molecule has 0 radical (unpaired) electrons. The van der Waals surface area contributed by atoms with E-state index in [1.807, 2.05) is 32.0 Å². The van der Waals surface area contributed by atoms with E-state index in [0.717, 1.165) is 16.8 Å². The number of hydrogen-bond donors (Lipinski definition) is 1. The summed E-state index contributed by atoms with van der Waals surface area (Å²) in [5.74, 6) is 1.58. The van der Waals surface area contributed by atoms with Gasteiger partial charge in [-0.2, -0.15) is 0 Å². The molecule has 4 aromatic rings. The average Bonchev–Trinajstić information content (AvgIpc) is 3.47. The van der Waals surface area contributed by atoms with Gasteiger partial charge >= 0.3 is 0 Å². The molecule has 2 aromatic carbocycles. The third-order valence-electron chi connectivity index (χ3n) is 5.30. The number of ether oxygens (including phenoxy) is 2. The van der Waals surface area contributed by atoms with E-state index in [9.17, 15) is 9.59 Å². The lowest BCUT2D eigenvalue weighted by molar-refractivity contribution is -0.113. The minimum atomic E-state index is -0.244. The standard InChI is InChI=1S/C24H21N3O5S/c1-14-5-6-18(15(2)8-14)25-22(28)12-33-24-26-19-10-21-20(31-13-32-21)9-17(19)23(29)27(24)11-16-4-3-7-30-16/h3-10H,11-13H2,1-2H3,(H,25,28). The van der Waals surface area contributed by atoms with Crippen LogP contribution in [0.1, 0.15) is 16.9 Å². The summed E-state index contributed by atoms with van der Waals surface area (Å²) in [5, 5.41) is 3.76. The van der Waals surface area contributed by atoms with E-state index in [-0.39, 0.29) is 30.6 Å². The average molecular weight is 464 g/mol. The van der Waals surface area contributed by atoms with Crippen LogP contribution in [0.15, 0.2) is 63.1 Å². The Labute approximate surface area is 193 Å². The smallest absolute Gasteiger partial charge is 0.262 e. The highest BCUT2D eigenvalue weighted by molar-refractivity contribution is 7.99. The monoisotopic (exact) mass is 463 g/mol. The summed E-state index contributed by atoms with van der Waals surface area (Å²) in [6, 6.07) is 12.7. The van der Waals surface area contributed by atoms with Gasteiger partial charge in [-0.3, -0.25) is 14.2 Å². The molecule has 1 N–H and O–H groups in total. The summed E-state index contributed by atoms with van der Waals surface area (Å²) < 4.78 is 17.8. The molecule has 0 aliphatic carbocycles. The van der Waals surface area contributed by atoms with E-state index in [2.05, 4.69) is 10.3 Å². The Bertz CT molecular complexity index is 1410. The van der Waals surface area contributed by atoms with Crippen molar-refractivity contribution in [3.63, 3.8) is 0 Å². The second kappa shape index (κ2) is 8.67. The molecule has 0 bridgehead atoms. The molecule has 5 rings (SSSR count). The van der Waals surface area contributed by atoms with Crippen LogP contribution in [0, 0.1) is 13.8 Å². The molecule has 0 atom stereocenters. The van der Waals surface area contributed by atoms with Crippen LogP contribution < -0.4 is 20.3 Å². The normalized spacial score (nSPS) is 12.3. The van der Waals surface area contributed by atoms with Gasteiger partial charge in [0.2, 0.25) is 12.7 Å². The SMILES string of the molecule is Cc1ccc(NC(=O)CSc2nc3cc4c(cc3c(=O)n2Cc2ccco2)OCO4)c(C)c1. The number of rotatable bonds is 6. The second-order valence-corrected chi connectivity index (χ2v) is 8.69. The Balaban J connectivity index is 1.45. The zero-order valence-corrected chi connectivity index (χ0v) is 18.9. The molecule has 1 aliphatic heterocycles. The maximum atomic E-state index is 13.4. The van der Waals surface area contributed by atoms with Crippen LogP contribution in [-0.2, 0) is 11.3 Å². The lowest BCUT2D eigenvalue weighted by Crippen LogP contribution is -2.24. The van der Waals surface area contributed by atoms with Crippen molar-refractivity contribution in [3.05, 3.63) is 76.0 Å². The zero-order valence-electron chi connectivity index (χ0n) is 18.1. The summed E-state index contributed by atoms with van der Waals surface area (Å²) in [4.78, 5) is 30.7. The van der Waals surface area contributed by atoms with E-state index in [4.69, 9.17) is 13.9 Å². The minimum Gasteiger partial charge on any atom is -0.467 e. The molecule has 0 saturated carbocycles. The highest BCUT2D eigenvalue weighted by Gasteiger charge is 2.20. The fourth-order valence-corrected chi connectivity index (χ4v) is 4.47. The molecule has 8 nitrogen and oxygen atoms in total. The molecule has 1 amide bonds. The number of aromatic nitrogens is 2. The molecule has 0 saturated heterocycles. The van der Waals surface area contributed by atoms with Crippen LogP contribution in [0.3, 0.4) is 0 Å². The quantitative estimate of drug-likeness (QED) is 0.340. The maximum absolute atomic E-state index is 13.4. The minimum absolute atomic E-state index is 0.0912. The van der Waals surface area contributed by atoms with Crippen molar-refractivity contribution < 1.29 is 18.7 Å². The van der Waals surface area contributed by atoms with Crippen LogP contribution in [0.25, 0.3) is 10.9 Å². The first-order chi connectivity index (χ1) is 16.0. The van der Waals surface area contributed by atoms with Gasteiger partial charge in [0, 0.05) is 11.8 Å². The van der Waals surface area contributed by atoms with Crippen molar-refractivity contribution in [3.8, 4) is 11.5 Å². The van der Waals surface area contributed by atoms with Gasteiger partial charge in [-0.05, 0) is 43.7 Å². The molecule has 0 spiro atoms. The van der Waals surface area contributed by atoms with Crippen LogP contribution >= 0.6 is 11.8 Å². The topological polar surface area (TPSA) is 95.6 Å². The highest BCUT2D eigenvalue weighted by Crippen LogP contribution is 2.35. The molecule has 2 aromatic heterocycles. The molecule has 168 valence electrons. The van der Waals surface area contributed by atoms with Crippen LogP contribution in [0.2, 0.25) is 0 Å². The van der Waals surface area contributed by atoms with Gasteiger partial charge in [-0.15, -0.1) is 0 Å². The Morgan fingerprint density at radius 3 is 2.73 bits per heavy atom. The first-order valence-electron chi connectivity index (χ1n) is 10.3. The van der Waals surface area contributed by atoms with Gasteiger partial charge in [0.15, 0.2) is 16.7 Å². The van der Waals surface area contributed by atoms with Gasteiger partial charge in [0.05, 0.1) is 29.5 Å². The van der Waals surface area contributed by atoms with E-state index < -0.39 is 0 Å². The third kappa shape index (κ3) is 4.31. The predicted molar refractivity (Wildman–Crippen MR) is 125 cm³/mol. The fraction of sp³-hybridized carbons (Fsp3) is 0.208. The zero-order chi connectivity index (χ0) is 22.9.